The maximum Gasteiger partial charge on any atom is 0.328 e. The van der Waals surface area contributed by atoms with Crippen molar-refractivity contribution in [2.24, 2.45) is 5.41 Å². The summed E-state index contributed by atoms with van der Waals surface area (Å²) in [5.41, 5.74) is -0.325. The average molecular weight is 268 g/mol. The van der Waals surface area contributed by atoms with E-state index >= 15 is 0 Å². The number of esters is 1. The summed E-state index contributed by atoms with van der Waals surface area (Å²) < 4.78 is 4.82. The van der Waals surface area contributed by atoms with E-state index in [1.165, 1.54) is 7.11 Å². The van der Waals surface area contributed by atoms with Crippen molar-refractivity contribution in [2.45, 2.75) is 45.1 Å². The molecule has 1 amide bonds. The largest absolute Gasteiger partial charge is 0.467 e. The van der Waals surface area contributed by atoms with Gasteiger partial charge in [-0.25, -0.2) is 4.79 Å². The normalized spacial score (nSPS) is 31.3. The Morgan fingerprint density at radius 3 is 2.79 bits per heavy atom. The van der Waals surface area contributed by atoms with E-state index in [4.69, 9.17) is 4.74 Å². The van der Waals surface area contributed by atoms with E-state index in [9.17, 15) is 9.59 Å². The number of carbonyl (C=O) groups excluding carboxylic acids is 2. The zero-order chi connectivity index (χ0) is 13.9. The first-order chi connectivity index (χ1) is 9.14. The molecule has 0 radical (unpaired) electrons. The molecule has 2 aliphatic heterocycles. The lowest BCUT2D eigenvalue weighted by Crippen LogP contribution is -2.54. The van der Waals surface area contributed by atoms with Crippen LogP contribution in [0.3, 0.4) is 0 Å². The Balaban J connectivity index is 2.14. The van der Waals surface area contributed by atoms with Gasteiger partial charge in [-0.05, 0) is 38.6 Å². The van der Waals surface area contributed by atoms with Crippen LogP contribution in [-0.4, -0.2) is 49.6 Å². The van der Waals surface area contributed by atoms with Crippen molar-refractivity contribution in [1.29, 1.82) is 0 Å². The number of rotatable bonds is 3. The van der Waals surface area contributed by atoms with Gasteiger partial charge >= 0.3 is 5.97 Å². The molecule has 2 saturated heterocycles. The number of hydrogen-bond acceptors (Lipinski definition) is 4. The molecule has 2 heterocycles. The number of hydrogen-bond donors (Lipinski definition) is 1. The van der Waals surface area contributed by atoms with E-state index in [1.807, 2.05) is 0 Å². The average Bonchev–Trinajstić information content (AvgIpc) is 2.95. The fourth-order valence-electron chi connectivity index (χ4n) is 3.30. The number of amides is 1. The minimum absolute atomic E-state index is 0.134. The van der Waals surface area contributed by atoms with Crippen LogP contribution in [0.25, 0.3) is 0 Å². The molecule has 0 saturated carbocycles. The second kappa shape index (κ2) is 5.90. The van der Waals surface area contributed by atoms with Crippen LogP contribution >= 0.6 is 0 Å². The maximum absolute atomic E-state index is 12.9. The van der Waals surface area contributed by atoms with Crippen molar-refractivity contribution in [3.05, 3.63) is 0 Å². The third-order valence-electron chi connectivity index (χ3n) is 4.59. The molecule has 108 valence electrons. The summed E-state index contributed by atoms with van der Waals surface area (Å²) in [5.74, 6) is -0.143. The molecule has 2 aliphatic rings. The molecule has 0 aliphatic carbocycles. The molecule has 0 aromatic carbocycles. The van der Waals surface area contributed by atoms with Crippen LogP contribution in [0.5, 0.6) is 0 Å². The van der Waals surface area contributed by atoms with Gasteiger partial charge < -0.3 is 15.0 Å². The molecular formula is C14H24N2O3. The molecule has 0 bridgehead atoms. The Labute approximate surface area is 114 Å². The van der Waals surface area contributed by atoms with Gasteiger partial charge in [0.05, 0.1) is 12.5 Å². The highest BCUT2D eigenvalue weighted by Crippen LogP contribution is 2.35. The topological polar surface area (TPSA) is 58.6 Å². The van der Waals surface area contributed by atoms with Crippen molar-refractivity contribution < 1.29 is 14.3 Å². The van der Waals surface area contributed by atoms with Gasteiger partial charge in [-0.1, -0.05) is 6.92 Å². The Bertz CT molecular complexity index is 351. The summed E-state index contributed by atoms with van der Waals surface area (Å²) in [5, 5.41) is 3.33. The van der Waals surface area contributed by atoms with E-state index < -0.39 is 0 Å². The standard InChI is InChI=1S/C14H24N2O3/c1-3-14(7-5-8-15-10-14)13(18)16-9-4-6-11(16)12(17)19-2/h11,15H,3-10H2,1-2H3. The number of piperidine rings is 1. The van der Waals surface area contributed by atoms with Crippen LogP contribution in [0.15, 0.2) is 0 Å². The van der Waals surface area contributed by atoms with Crippen LogP contribution < -0.4 is 5.32 Å². The first-order valence-electron chi connectivity index (χ1n) is 7.24. The fourth-order valence-corrected chi connectivity index (χ4v) is 3.30. The molecule has 5 nitrogen and oxygen atoms in total. The van der Waals surface area contributed by atoms with Crippen molar-refractivity contribution in [3.63, 3.8) is 0 Å². The first-order valence-corrected chi connectivity index (χ1v) is 7.24. The van der Waals surface area contributed by atoms with Gasteiger partial charge in [-0.3, -0.25) is 4.79 Å². The number of carbonyl (C=O) groups is 2. The number of nitrogens with one attached hydrogen (secondary N) is 1. The lowest BCUT2D eigenvalue weighted by Gasteiger charge is -2.39. The van der Waals surface area contributed by atoms with Crippen molar-refractivity contribution in [3.8, 4) is 0 Å². The molecule has 0 spiro atoms. The number of ether oxygens (including phenoxy) is 1. The SMILES string of the molecule is CCC1(C(=O)N2CCCC2C(=O)OC)CCCNC1. The van der Waals surface area contributed by atoms with Gasteiger partial charge in [0.2, 0.25) is 5.91 Å². The molecule has 2 atom stereocenters. The second-order valence-corrected chi connectivity index (χ2v) is 5.59. The predicted octanol–water partition coefficient (Wildman–Crippen LogP) is 0.930. The van der Waals surface area contributed by atoms with Gasteiger partial charge in [0.25, 0.3) is 0 Å². The summed E-state index contributed by atoms with van der Waals surface area (Å²) in [4.78, 5) is 26.4. The Hall–Kier alpha value is -1.10. The summed E-state index contributed by atoms with van der Waals surface area (Å²) in [6.07, 6.45) is 4.38. The smallest absolute Gasteiger partial charge is 0.328 e. The minimum Gasteiger partial charge on any atom is -0.467 e. The number of methoxy groups -OCH3 is 1. The molecule has 2 unspecified atom stereocenters. The summed E-state index contributed by atoms with van der Waals surface area (Å²) in [7, 11) is 1.39. The van der Waals surface area contributed by atoms with Crippen LogP contribution in [-0.2, 0) is 14.3 Å². The Morgan fingerprint density at radius 1 is 1.42 bits per heavy atom. The van der Waals surface area contributed by atoms with Crippen LogP contribution in [0.2, 0.25) is 0 Å². The van der Waals surface area contributed by atoms with Gasteiger partial charge in [0.15, 0.2) is 0 Å². The fraction of sp³-hybridized carbons (Fsp3) is 0.857. The van der Waals surface area contributed by atoms with Gasteiger partial charge in [0.1, 0.15) is 6.04 Å². The van der Waals surface area contributed by atoms with Gasteiger partial charge in [0, 0.05) is 13.1 Å². The molecular weight excluding hydrogens is 244 g/mol. The van der Waals surface area contributed by atoms with Gasteiger partial charge in [-0.15, -0.1) is 0 Å². The monoisotopic (exact) mass is 268 g/mol. The molecule has 1 N–H and O–H groups in total. The third kappa shape index (κ3) is 2.61. The summed E-state index contributed by atoms with van der Waals surface area (Å²) in [6, 6.07) is -0.372. The Kier molecular flexibility index (Phi) is 4.45. The molecule has 0 aromatic heterocycles. The van der Waals surface area contributed by atoms with E-state index in [1.54, 1.807) is 4.90 Å². The van der Waals surface area contributed by atoms with E-state index in [2.05, 4.69) is 12.2 Å². The second-order valence-electron chi connectivity index (χ2n) is 5.59. The molecule has 5 heteroatoms. The maximum atomic E-state index is 12.9. The summed E-state index contributed by atoms with van der Waals surface area (Å²) >= 11 is 0. The van der Waals surface area contributed by atoms with Crippen LogP contribution in [0.4, 0.5) is 0 Å². The van der Waals surface area contributed by atoms with E-state index in [-0.39, 0.29) is 23.3 Å². The first kappa shape index (κ1) is 14.3. The Morgan fingerprint density at radius 2 is 2.21 bits per heavy atom. The molecule has 0 aromatic rings. The lowest BCUT2D eigenvalue weighted by atomic mass is 9.77. The quantitative estimate of drug-likeness (QED) is 0.774. The van der Waals surface area contributed by atoms with Crippen LogP contribution in [0.1, 0.15) is 39.0 Å². The lowest BCUT2D eigenvalue weighted by molar-refractivity contribution is -0.155. The van der Waals surface area contributed by atoms with Crippen molar-refractivity contribution in [2.75, 3.05) is 26.7 Å². The van der Waals surface area contributed by atoms with Gasteiger partial charge in [-0.2, -0.15) is 0 Å². The molecule has 19 heavy (non-hydrogen) atoms. The highest BCUT2D eigenvalue weighted by molar-refractivity contribution is 5.88. The third-order valence-corrected chi connectivity index (χ3v) is 4.59. The highest BCUT2D eigenvalue weighted by Gasteiger charge is 2.45. The van der Waals surface area contributed by atoms with Crippen molar-refractivity contribution in [1.82, 2.24) is 10.2 Å². The molecule has 2 fully saturated rings. The zero-order valence-corrected chi connectivity index (χ0v) is 11.9. The molecule has 2 rings (SSSR count). The van der Waals surface area contributed by atoms with E-state index in [0.717, 1.165) is 45.2 Å². The van der Waals surface area contributed by atoms with Crippen LogP contribution in [0, 0.1) is 5.41 Å². The zero-order valence-electron chi connectivity index (χ0n) is 11.9. The summed E-state index contributed by atoms with van der Waals surface area (Å²) in [6.45, 7) is 4.46. The minimum atomic E-state index is -0.372. The van der Waals surface area contributed by atoms with E-state index in [0.29, 0.717) is 6.54 Å². The predicted molar refractivity (Wildman–Crippen MR) is 71.6 cm³/mol. The highest BCUT2D eigenvalue weighted by atomic mass is 16.5. The number of nitrogens with zero attached hydrogens (tertiary/aromatic N) is 1. The number of likely N-dealkylation sites (tertiary alicyclic amines) is 1. The van der Waals surface area contributed by atoms with Crippen molar-refractivity contribution >= 4 is 11.9 Å².